The molecule has 0 bridgehead atoms. The number of hydrogen-bond donors (Lipinski definition) is 1. The molecule has 0 amide bonds. The van der Waals surface area contributed by atoms with Crippen LogP contribution in [-0.2, 0) is 11.1 Å². The van der Waals surface area contributed by atoms with Crippen LogP contribution in [0.3, 0.4) is 0 Å². The van der Waals surface area contributed by atoms with Crippen molar-refractivity contribution in [3.05, 3.63) is 12.1 Å². The Kier molecular flexibility index (Phi) is 3.90. The van der Waals surface area contributed by atoms with Crippen molar-refractivity contribution in [1.82, 2.24) is 15.6 Å². The Hall–Kier alpha value is -1.51. The number of hydrogen-bond acceptors (Lipinski definition) is 7. The van der Waals surface area contributed by atoms with Gasteiger partial charge in [0.25, 0.3) is 0 Å². The van der Waals surface area contributed by atoms with Crippen LogP contribution >= 0.6 is 0 Å². The molecule has 1 aromatic heterocycles. The van der Waals surface area contributed by atoms with E-state index < -0.39 is 11.1 Å². The number of nitrogens with one attached hydrogen (secondary N) is 1. The summed E-state index contributed by atoms with van der Waals surface area (Å²) in [6.45, 7) is 1.57. The largest absolute Gasteiger partial charge is 0.768 e. The van der Waals surface area contributed by atoms with Gasteiger partial charge in [-0.3, -0.25) is 4.21 Å². The maximum absolute atomic E-state index is 11.0. The van der Waals surface area contributed by atoms with Crippen molar-refractivity contribution in [3.8, 4) is 0 Å². The van der Waals surface area contributed by atoms with Gasteiger partial charge in [-0.15, -0.1) is 0 Å². The second kappa shape index (κ2) is 5.42. The molecule has 0 fully saturated rings. The predicted octanol–water partition coefficient (Wildman–Crippen LogP) is 0.116. The molecule has 7 nitrogen and oxygen atoms in total. The number of benzene rings is 1. The van der Waals surface area contributed by atoms with Gasteiger partial charge in [0, 0.05) is 20.1 Å². The Morgan fingerprint density at radius 2 is 2.17 bits per heavy atom. The highest BCUT2D eigenvalue weighted by molar-refractivity contribution is 7.79. The molecule has 0 aliphatic rings. The maximum Gasteiger partial charge on any atom is 0.159 e. The van der Waals surface area contributed by atoms with Crippen LogP contribution in [0, 0.1) is 0 Å². The van der Waals surface area contributed by atoms with Gasteiger partial charge in [-0.25, -0.2) is 4.63 Å². The average Bonchev–Trinajstić information content (AvgIpc) is 2.83. The third kappa shape index (κ3) is 2.35. The molecule has 2 aromatic rings. The number of anilines is 1. The quantitative estimate of drug-likeness (QED) is 0.770. The molecule has 1 aromatic carbocycles. The molecule has 1 unspecified atom stereocenters. The summed E-state index contributed by atoms with van der Waals surface area (Å²) in [5, 5.41) is 10.5. The summed E-state index contributed by atoms with van der Waals surface area (Å²) in [7, 11) is 3.76. The van der Waals surface area contributed by atoms with Crippen molar-refractivity contribution >= 4 is 27.8 Å². The molecule has 8 heteroatoms. The minimum absolute atomic E-state index is 0.0945. The molecule has 18 heavy (non-hydrogen) atoms. The number of fused-ring (bicyclic) bond motifs is 1. The SMILES string of the molecule is CNCCN(C)c1ccc(S(=O)[O-])c2nonc12. The lowest BCUT2D eigenvalue weighted by Crippen LogP contribution is -2.27. The fourth-order valence-electron chi connectivity index (χ4n) is 1.67. The Bertz CT molecular complexity index is 571. The topological polar surface area (TPSA) is 94.3 Å². The highest BCUT2D eigenvalue weighted by Gasteiger charge is 2.14. The standard InChI is InChI=1S/C10H14N4O3S/c1-11-5-6-14(2)7-3-4-8(18(15)16)10-9(7)12-17-13-10/h3-4,11H,5-6H2,1-2H3,(H,15,16)/p-1. The van der Waals surface area contributed by atoms with E-state index in [0.717, 1.165) is 18.8 Å². The molecule has 0 saturated heterocycles. The Morgan fingerprint density at radius 3 is 2.83 bits per heavy atom. The third-order valence-electron chi connectivity index (χ3n) is 2.65. The van der Waals surface area contributed by atoms with Crippen molar-refractivity contribution in [2.75, 3.05) is 32.1 Å². The zero-order valence-corrected chi connectivity index (χ0v) is 10.9. The van der Waals surface area contributed by atoms with E-state index in [1.807, 2.05) is 19.0 Å². The molecule has 2 rings (SSSR count). The zero-order valence-electron chi connectivity index (χ0n) is 10.0. The van der Waals surface area contributed by atoms with E-state index in [0.29, 0.717) is 5.52 Å². The van der Waals surface area contributed by atoms with Crippen LogP contribution in [-0.4, -0.2) is 46.3 Å². The highest BCUT2D eigenvalue weighted by Crippen LogP contribution is 2.27. The zero-order chi connectivity index (χ0) is 13.1. The van der Waals surface area contributed by atoms with Crippen LogP contribution in [0.4, 0.5) is 5.69 Å². The normalized spacial score (nSPS) is 12.8. The molecular formula is C10H13N4O3S-. The Labute approximate surface area is 106 Å². The van der Waals surface area contributed by atoms with Crippen molar-refractivity contribution in [2.24, 2.45) is 0 Å². The predicted molar refractivity (Wildman–Crippen MR) is 66.2 cm³/mol. The smallest absolute Gasteiger partial charge is 0.159 e. The van der Waals surface area contributed by atoms with Gasteiger partial charge in [0.05, 0.1) is 10.6 Å². The molecule has 0 saturated carbocycles. The van der Waals surface area contributed by atoms with E-state index in [1.54, 1.807) is 6.07 Å². The first-order chi connectivity index (χ1) is 8.65. The van der Waals surface area contributed by atoms with E-state index in [2.05, 4.69) is 20.3 Å². The monoisotopic (exact) mass is 269 g/mol. The summed E-state index contributed by atoms with van der Waals surface area (Å²) in [6, 6.07) is 3.20. The van der Waals surface area contributed by atoms with Gasteiger partial charge in [0.15, 0.2) is 11.0 Å². The lowest BCUT2D eigenvalue weighted by atomic mass is 10.2. The second-order valence-corrected chi connectivity index (χ2v) is 4.71. The van der Waals surface area contributed by atoms with Gasteiger partial charge in [0.1, 0.15) is 0 Å². The number of likely N-dealkylation sites (N-methyl/N-ethyl adjacent to an activating group) is 2. The van der Waals surface area contributed by atoms with Crippen molar-refractivity contribution < 1.29 is 13.4 Å². The number of aromatic nitrogens is 2. The summed E-state index contributed by atoms with van der Waals surface area (Å²) in [6.07, 6.45) is 0. The van der Waals surface area contributed by atoms with E-state index in [4.69, 9.17) is 0 Å². The molecule has 1 N–H and O–H groups in total. The number of rotatable bonds is 5. The number of nitrogens with zero attached hydrogens (tertiary/aromatic N) is 3. The highest BCUT2D eigenvalue weighted by atomic mass is 32.2. The van der Waals surface area contributed by atoms with Crippen molar-refractivity contribution in [3.63, 3.8) is 0 Å². The lowest BCUT2D eigenvalue weighted by Gasteiger charge is -2.19. The van der Waals surface area contributed by atoms with Gasteiger partial charge >= 0.3 is 0 Å². The van der Waals surface area contributed by atoms with Crippen molar-refractivity contribution in [2.45, 2.75) is 4.90 Å². The molecule has 1 atom stereocenters. The first-order valence-corrected chi connectivity index (χ1v) is 6.43. The second-order valence-electron chi connectivity index (χ2n) is 3.80. The summed E-state index contributed by atoms with van der Waals surface area (Å²) < 4.78 is 26.7. The van der Waals surface area contributed by atoms with Crippen LogP contribution in [0.5, 0.6) is 0 Å². The molecular weight excluding hydrogens is 256 g/mol. The maximum atomic E-state index is 11.0. The molecule has 0 aliphatic carbocycles. The van der Waals surface area contributed by atoms with Gasteiger partial charge in [-0.05, 0) is 40.6 Å². The van der Waals surface area contributed by atoms with Gasteiger partial charge in [-0.1, -0.05) is 0 Å². The van der Waals surface area contributed by atoms with Crippen LogP contribution in [0.1, 0.15) is 0 Å². The van der Waals surface area contributed by atoms with Crippen LogP contribution in [0.25, 0.3) is 11.0 Å². The van der Waals surface area contributed by atoms with Crippen LogP contribution < -0.4 is 10.2 Å². The first kappa shape index (κ1) is 12.9. The third-order valence-corrected chi connectivity index (χ3v) is 3.33. The summed E-state index contributed by atoms with van der Waals surface area (Å²) >= 11 is -2.35. The Balaban J connectivity index is 2.44. The summed E-state index contributed by atoms with van der Waals surface area (Å²) in [5.74, 6) is 0. The molecule has 0 aliphatic heterocycles. The minimum atomic E-state index is -2.35. The van der Waals surface area contributed by atoms with E-state index in [1.165, 1.54) is 6.07 Å². The average molecular weight is 269 g/mol. The van der Waals surface area contributed by atoms with Crippen molar-refractivity contribution in [1.29, 1.82) is 0 Å². The fraction of sp³-hybridized carbons (Fsp3) is 0.400. The first-order valence-electron chi connectivity index (χ1n) is 5.35. The molecule has 0 radical (unpaired) electrons. The lowest BCUT2D eigenvalue weighted by molar-refractivity contribution is 0.315. The summed E-state index contributed by atoms with van der Waals surface area (Å²) in [5.41, 5.74) is 1.50. The van der Waals surface area contributed by atoms with Gasteiger partial charge in [0.2, 0.25) is 0 Å². The Morgan fingerprint density at radius 1 is 1.44 bits per heavy atom. The fourth-order valence-corrected chi connectivity index (χ4v) is 2.14. The summed E-state index contributed by atoms with van der Waals surface area (Å²) in [4.78, 5) is 2.05. The van der Waals surface area contributed by atoms with Crippen LogP contribution in [0.2, 0.25) is 0 Å². The minimum Gasteiger partial charge on any atom is -0.768 e. The molecule has 98 valence electrons. The van der Waals surface area contributed by atoms with E-state index in [9.17, 15) is 8.76 Å². The molecule has 0 spiro atoms. The van der Waals surface area contributed by atoms with E-state index in [-0.39, 0.29) is 10.4 Å². The van der Waals surface area contributed by atoms with Gasteiger partial charge < -0.3 is 14.8 Å². The van der Waals surface area contributed by atoms with Crippen LogP contribution in [0.15, 0.2) is 21.7 Å². The van der Waals surface area contributed by atoms with E-state index >= 15 is 0 Å². The van der Waals surface area contributed by atoms with Gasteiger partial charge in [-0.2, -0.15) is 0 Å². The molecule has 1 heterocycles.